The number of thiazole rings is 1. The van der Waals surface area contributed by atoms with Crippen LogP contribution in [0.4, 0.5) is 10.5 Å². The van der Waals surface area contributed by atoms with Crippen molar-refractivity contribution in [3.05, 3.63) is 99.6 Å². The lowest BCUT2D eigenvalue weighted by molar-refractivity contribution is 0.0523. The van der Waals surface area contributed by atoms with Crippen LogP contribution in [0.3, 0.4) is 0 Å². The molecule has 0 fully saturated rings. The van der Waals surface area contributed by atoms with Crippen molar-refractivity contribution in [2.45, 2.75) is 46.3 Å². The molecule has 4 rings (SSSR count). The van der Waals surface area contributed by atoms with Crippen LogP contribution in [-0.4, -0.2) is 27.6 Å². The SMILES string of the molecule is Cc1ccc(NC(=O)c2ccc(CNC(=O)OC(C)(C)C)cc2)cc1Cc1nc(-c2cccnc2)cs1. The maximum atomic E-state index is 12.8. The molecule has 0 aliphatic rings. The van der Waals surface area contributed by atoms with Crippen molar-refractivity contribution in [2.75, 3.05) is 5.32 Å². The number of nitrogens with zero attached hydrogens (tertiary/aromatic N) is 2. The molecule has 0 spiro atoms. The number of alkyl carbamates (subject to hydrolysis) is 1. The fourth-order valence-electron chi connectivity index (χ4n) is 3.61. The zero-order valence-corrected chi connectivity index (χ0v) is 22.2. The van der Waals surface area contributed by atoms with Gasteiger partial charge in [-0.1, -0.05) is 18.2 Å². The van der Waals surface area contributed by atoms with Crippen molar-refractivity contribution < 1.29 is 14.3 Å². The van der Waals surface area contributed by atoms with Gasteiger partial charge in [0.25, 0.3) is 5.91 Å². The monoisotopic (exact) mass is 514 g/mol. The Hall–Kier alpha value is -4.04. The van der Waals surface area contributed by atoms with Crippen LogP contribution in [0.2, 0.25) is 0 Å². The molecule has 4 aromatic rings. The van der Waals surface area contributed by atoms with Gasteiger partial charge in [-0.2, -0.15) is 0 Å². The summed E-state index contributed by atoms with van der Waals surface area (Å²) in [7, 11) is 0. The Morgan fingerprint density at radius 3 is 2.54 bits per heavy atom. The van der Waals surface area contributed by atoms with Gasteiger partial charge in [0.2, 0.25) is 0 Å². The van der Waals surface area contributed by atoms with Gasteiger partial charge in [0.15, 0.2) is 0 Å². The van der Waals surface area contributed by atoms with Crippen molar-refractivity contribution in [1.29, 1.82) is 0 Å². The number of benzene rings is 2. The van der Waals surface area contributed by atoms with E-state index in [4.69, 9.17) is 9.72 Å². The number of hydrogen-bond donors (Lipinski definition) is 2. The molecule has 37 heavy (non-hydrogen) atoms. The summed E-state index contributed by atoms with van der Waals surface area (Å²) in [4.78, 5) is 33.6. The van der Waals surface area contributed by atoms with Gasteiger partial charge in [-0.05, 0) is 80.8 Å². The summed E-state index contributed by atoms with van der Waals surface area (Å²) in [6.45, 7) is 7.82. The number of hydrogen-bond acceptors (Lipinski definition) is 6. The van der Waals surface area contributed by atoms with E-state index in [0.717, 1.165) is 38.6 Å². The van der Waals surface area contributed by atoms with E-state index in [0.29, 0.717) is 18.5 Å². The molecule has 2 heterocycles. The van der Waals surface area contributed by atoms with E-state index >= 15 is 0 Å². The van der Waals surface area contributed by atoms with Crippen LogP contribution in [0.5, 0.6) is 0 Å². The molecular formula is C29H30N4O3S. The molecule has 0 saturated heterocycles. The molecule has 0 bridgehead atoms. The van der Waals surface area contributed by atoms with Gasteiger partial charge < -0.3 is 15.4 Å². The molecule has 2 amide bonds. The third-order valence-corrected chi connectivity index (χ3v) is 6.36. The Bertz CT molecular complexity index is 1380. The normalized spacial score (nSPS) is 11.1. The largest absolute Gasteiger partial charge is 0.444 e. The van der Waals surface area contributed by atoms with Gasteiger partial charge in [0, 0.05) is 47.6 Å². The van der Waals surface area contributed by atoms with E-state index in [1.807, 2.05) is 74.8 Å². The van der Waals surface area contributed by atoms with Crippen LogP contribution < -0.4 is 10.6 Å². The second kappa shape index (κ2) is 11.3. The Morgan fingerprint density at radius 2 is 1.84 bits per heavy atom. The summed E-state index contributed by atoms with van der Waals surface area (Å²) in [6.07, 6.45) is 3.76. The highest BCUT2D eigenvalue weighted by atomic mass is 32.1. The molecular weight excluding hydrogens is 484 g/mol. The van der Waals surface area contributed by atoms with Gasteiger partial charge in [0.05, 0.1) is 10.7 Å². The fraction of sp³-hybridized carbons (Fsp3) is 0.241. The summed E-state index contributed by atoms with van der Waals surface area (Å²) >= 11 is 1.61. The predicted molar refractivity (Wildman–Crippen MR) is 147 cm³/mol. The van der Waals surface area contributed by atoms with Gasteiger partial charge in [-0.15, -0.1) is 11.3 Å². The highest BCUT2D eigenvalue weighted by molar-refractivity contribution is 7.10. The number of aromatic nitrogens is 2. The lowest BCUT2D eigenvalue weighted by Crippen LogP contribution is -2.32. The van der Waals surface area contributed by atoms with E-state index in [1.54, 1.807) is 29.7 Å². The lowest BCUT2D eigenvalue weighted by atomic mass is 10.0. The first-order valence-corrected chi connectivity index (χ1v) is 12.9. The molecule has 2 aromatic heterocycles. The summed E-state index contributed by atoms with van der Waals surface area (Å²) < 4.78 is 5.24. The second-order valence-electron chi connectivity index (χ2n) is 9.69. The number of ether oxygens (including phenoxy) is 1. The topological polar surface area (TPSA) is 93.2 Å². The number of rotatable bonds is 7. The molecule has 7 nitrogen and oxygen atoms in total. The maximum absolute atomic E-state index is 12.8. The van der Waals surface area contributed by atoms with Crippen LogP contribution in [0.15, 0.2) is 72.4 Å². The molecule has 0 radical (unpaired) electrons. The molecule has 0 aliphatic carbocycles. The number of aryl methyl sites for hydroxylation is 1. The smallest absolute Gasteiger partial charge is 0.407 e. The molecule has 2 aromatic carbocycles. The van der Waals surface area contributed by atoms with Crippen LogP contribution in [0.25, 0.3) is 11.3 Å². The lowest BCUT2D eigenvalue weighted by Gasteiger charge is -2.19. The van der Waals surface area contributed by atoms with Gasteiger partial charge >= 0.3 is 6.09 Å². The standard InChI is InChI=1S/C29H30N4O3S/c1-19-7-12-24(14-23(19)15-26-33-25(18-37-26)22-6-5-13-30-17-22)32-27(34)21-10-8-20(9-11-21)16-31-28(35)36-29(2,3)4/h5-14,17-18H,15-16H2,1-4H3,(H,31,35)(H,32,34). The molecule has 0 aliphatic heterocycles. The first-order chi connectivity index (χ1) is 17.7. The molecule has 8 heteroatoms. The van der Waals surface area contributed by atoms with E-state index in [2.05, 4.69) is 22.5 Å². The van der Waals surface area contributed by atoms with Crippen molar-refractivity contribution in [3.8, 4) is 11.3 Å². The zero-order chi connectivity index (χ0) is 26.4. The fourth-order valence-corrected chi connectivity index (χ4v) is 4.43. The summed E-state index contributed by atoms with van der Waals surface area (Å²) in [6, 6.07) is 16.9. The molecule has 190 valence electrons. The van der Waals surface area contributed by atoms with Crippen molar-refractivity contribution in [1.82, 2.24) is 15.3 Å². The van der Waals surface area contributed by atoms with Gasteiger partial charge in [-0.25, -0.2) is 9.78 Å². The van der Waals surface area contributed by atoms with Gasteiger partial charge in [0.1, 0.15) is 5.60 Å². The number of amides is 2. The summed E-state index contributed by atoms with van der Waals surface area (Å²) in [5.74, 6) is -0.199. The first-order valence-electron chi connectivity index (χ1n) is 12.0. The van der Waals surface area contributed by atoms with Crippen molar-refractivity contribution >= 4 is 29.0 Å². The van der Waals surface area contributed by atoms with Crippen LogP contribution in [-0.2, 0) is 17.7 Å². The quantitative estimate of drug-likeness (QED) is 0.298. The van der Waals surface area contributed by atoms with Crippen molar-refractivity contribution in [3.63, 3.8) is 0 Å². The highest BCUT2D eigenvalue weighted by Crippen LogP contribution is 2.25. The number of nitrogens with one attached hydrogen (secondary N) is 2. The molecule has 0 saturated carbocycles. The average Bonchev–Trinajstić information content (AvgIpc) is 3.33. The summed E-state index contributed by atoms with van der Waals surface area (Å²) in [5.41, 5.74) is 5.73. The number of carbonyl (C=O) groups excluding carboxylic acids is 2. The minimum atomic E-state index is -0.551. The average molecular weight is 515 g/mol. The van der Waals surface area contributed by atoms with E-state index in [9.17, 15) is 9.59 Å². The first kappa shape index (κ1) is 26.0. The summed E-state index contributed by atoms with van der Waals surface area (Å²) in [5, 5.41) is 8.74. The molecule has 2 N–H and O–H groups in total. The minimum absolute atomic E-state index is 0.199. The van der Waals surface area contributed by atoms with E-state index in [1.165, 1.54) is 0 Å². The van der Waals surface area contributed by atoms with Crippen LogP contribution in [0.1, 0.15) is 52.8 Å². The van der Waals surface area contributed by atoms with Gasteiger partial charge in [-0.3, -0.25) is 9.78 Å². The highest BCUT2D eigenvalue weighted by Gasteiger charge is 2.16. The Labute approximate surface area is 221 Å². The number of pyridine rings is 1. The van der Waals surface area contributed by atoms with Crippen LogP contribution in [0, 0.1) is 6.92 Å². The minimum Gasteiger partial charge on any atom is -0.444 e. The third-order valence-electron chi connectivity index (χ3n) is 5.51. The third kappa shape index (κ3) is 7.47. The Kier molecular flexibility index (Phi) is 7.98. The Balaban J connectivity index is 1.37. The van der Waals surface area contributed by atoms with Crippen LogP contribution >= 0.6 is 11.3 Å². The van der Waals surface area contributed by atoms with E-state index in [-0.39, 0.29) is 5.91 Å². The Morgan fingerprint density at radius 1 is 1.05 bits per heavy atom. The predicted octanol–water partition coefficient (Wildman–Crippen LogP) is 6.38. The molecule has 0 atom stereocenters. The number of carbonyl (C=O) groups is 2. The maximum Gasteiger partial charge on any atom is 0.407 e. The zero-order valence-electron chi connectivity index (χ0n) is 21.4. The van der Waals surface area contributed by atoms with Crippen molar-refractivity contribution in [2.24, 2.45) is 0 Å². The molecule has 0 unspecified atom stereocenters. The van der Waals surface area contributed by atoms with E-state index < -0.39 is 11.7 Å². The number of anilines is 1. The second-order valence-corrected chi connectivity index (χ2v) is 10.6.